The SMILES string of the molecule is NC(=O)NN=Cc1ccccc1CBr. The van der Waals surface area contributed by atoms with E-state index in [0.29, 0.717) is 0 Å². The maximum Gasteiger partial charge on any atom is 0.332 e. The molecule has 1 rings (SSSR count). The quantitative estimate of drug-likeness (QED) is 0.481. The highest BCUT2D eigenvalue weighted by Gasteiger charge is 1.96. The fourth-order valence-corrected chi connectivity index (χ4v) is 1.46. The Morgan fingerprint density at radius 1 is 1.57 bits per heavy atom. The van der Waals surface area contributed by atoms with E-state index < -0.39 is 6.03 Å². The van der Waals surface area contributed by atoms with E-state index in [1.807, 2.05) is 24.3 Å². The van der Waals surface area contributed by atoms with Crippen LogP contribution in [0.15, 0.2) is 29.4 Å². The molecule has 0 saturated heterocycles. The molecule has 0 bridgehead atoms. The molecule has 74 valence electrons. The van der Waals surface area contributed by atoms with Gasteiger partial charge in [0.05, 0.1) is 6.21 Å². The zero-order valence-corrected chi connectivity index (χ0v) is 8.99. The lowest BCUT2D eigenvalue weighted by atomic mass is 10.1. The molecule has 0 unspecified atom stereocenters. The van der Waals surface area contributed by atoms with Gasteiger partial charge < -0.3 is 5.73 Å². The topological polar surface area (TPSA) is 67.5 Å². The Kier molecular flexibility index (Phi) is 4.12. The summed E-state index contributed by atoms with van der Waals surface area (Å²) in [7, 11) is 0. The number of hydrogen-bond donors (Lipinski definition) is 2. The first-order valence-corrected chi connectivity index (χ1v) is 5.08. The van der Waals surface area contributed by atoms with E-state index >= 15 is 0 Å². The number of benzene rings is 1. The standard InChI is InChI=1S/C9H10BrN3O/c10-5-7-3-1-2-4-8(7)6-12-13-9(11)14/h1-4,6H,5H2,(H3,11,13,14). The molecule has 0 saturated carbocycles. The van der Waals surface area contributed by atoms with Crippen LogP contribution < -0.4 is 11.2 Å². The van der Waals surface area contributed by atoms with Crippen LogP contribution in [0.2, 0.25) is 0 Å². The highest BCUT2D eigenvalue weighted by molar-refractivity contribution is 9.08. The number of carbonyl (C=O) groups is 1. The molecule has 0 aliphatic carbocycles. The summed E-state index contributed by atoms with van der Waals surface area (Å²) < 4.78 is 0. The van der Waals surface area contributed by atoms with Gasteiger partial charge in [0.15, 0.2) is 0 Å². The van der Waals surface area contributed by atoms with Gasteiger partial charge in [0.25, 0.3) is 0 Å². The number of nitrogens with zero attached hydrogens (tertiary/aromatic N) is 1. The Hall–Kier alpha value is -1.36. The van der Waals surface area contributed by atoms with Gasteiger partial charge in [-0.15, -0.1) is 0 Å². The number of hydrazone groups is 1. The molecular formula is C9H10BrN3O. The molecule has 14 heavy (non-hydrogen) atoms. The van der Waals surface area contributed by atoms with Gasteiger partial charge in [-0.1, -0.05) is 40.2 Å². The Balaban J connectivity index is 2.75. The van der Waals surface area contributed by atoms with Crippen molar-refractivity contribution in [2.75, 3.05) is 0 Å². The zero-order valence-electron chi connectivity index (χ0n) is 7.40. The molecule has 0 radical (unpaired) electrons. The highest BCUT2D eigenvalue weighted by Crippen LogP contribution is 2.09. The number of alkyl halides is 1. The fraction of sp³-hybridized carbons (Fsp3) is 0.111. The number of nitrogens with one attached hydrogen (secondary N) is 1. The van der Waals surface area contributed by atoms with Crippen LogP contribution in [0.25, 0.3) is 0 Å². The van der Waals surface area contributed by atoms with Crippen molar-refractivity contribution < 1.29 is 4.79 Å². The van der Waals surface area contributed by atoms with Crippen molar-refractivity contribution in [3.8, 4) is 0 Å². The summed E-state index contributed by atoms with van der Waals surface area (Å²) in [4.78, 5) is 10.3. The molecule has 5 heteroatoms. The summed E-state index contributed by atoms with van der Waals surface area (Å²) in [6, 6.07) is 7.05. The third kappa shape index (κ3) is 3.18. The summed E-state index contributed by atoms with van der Waals surface area (Å²) in [6.07, 6.45) is 1.56. The predicted molar refractivity (Wildman–Crippen MR) is 59.4 cm³/mol. The molecule has 0 aromatic heterocycles. The predicted octanol–water partition coefficient (Wildman–Crippen LogP) is 1.58. The largest absolute Gasteiger partial charge is 0.350 e. The highest BCUT2D eigenvalue weighted by atomic mass is 79.9. The monoisotopic (exact) mass is 255 g/mol. The van der Waals surface area contributed by atoms with E-state index in [0.717, 1.165) is 16.5 Å². The van der Waals surface area contributed by atoms with Crippen molar-refractivity contribution in [3.05, 3.63) is 35.4 Å². The first-order valence-electron chi connectivity index (χ1n) is 3.96. The van der Waals surface area contributed by atoms with Crippen LogP contribution in [0.3, 0.4) is 0 Å². The Labute approximate surface area is 90.3 Å². The van der Waals surface area contributed by atoms with E-state index in [1.165, 1.54) is 0 Å². The van der Waals surface area contributed by atoms with Gasteiger partial charge in [0.1, 0.15) is 0 Å². The molecule has 3 N–H and O–H groups in total. The van der Waals surface area contributed by atoms with Crippen LogP contribution in [0.5, 0.6) is 0 Å². The van der Waals surface area contributed by atoms with Crippen molar-refractivity contribution in [1.82, 2.24) is 5.43 Å². The van der Waals surface area contributed by atoms with Crippen LogP contribution >= 0.6 is 15.9 Å². The van der Waals surface area contributed by atoms with E-state index in [-0.39, 0.29) is 0 Å². The molecular weight excluding hydrogens is 246 g/mol. The number of rotatable bonds is 3. The molecule has 1 aromatic rings. The molecule has 0 fully saturated rings. The normalized spacial score (nSPS) is 10.4. The number of carbonyl (C=O) groups excluding carboxylic acids is 1. The van der Waals surface area contributed by atoms with E-state index in [2.05, 4.69) is 26.5 Å². The maximum atomic E-state index is 10.3. The molecule has 0 spiro atoms. The molecule has 1 aromatic carbocycles. The maximum absolute atomic E-state index is 10.3. The van der Waals surface area contributed by atoms with Gasteiger partial charge in [-0.05, 0) is 11.1 Å². The van der Waals surface area contributed by atoms with E-state index in [1.54, 1.807) is 6.21 Å². The van der Waals surface area contributed by atoms with Crippen LogP contribution in [0.1, 0.15) is 11.1 Å². The molecule has 0 heterocycles. The third-order valence-corrected chi connectivity index (χ3v) is 2.18. The number of nitrogens with two attached hydrogens (primary N) is 1. The summed E-state index contributed by atoms with van der Waals surface area (Å²) >= 11 is 3.36. The van der Waals surface area contributed by atoms with Crippen molar-refractivity contribution in [1.29, 1.82) is 0 Å². The van der Waals surface area contributed by atoms with E-state index in [9.17, 15) is 4.79 Å². The molecule has 0 atom stereocenters. The number of urea groups is 1. The first kappa shape index (κ1) is 10.7. The summed E-state index contributed by atoms with van der Waals surface area (Å²) in [5.41, 5.74) is 9.03. The van der Waals surface area contributed by atoms with Crippen LogP contribution in [-0.4, -0.2) is 12.2 Å². The van der Waals surface area contributed by atoms with Gasteiger partial charge in [0, 0.05) is 5.33 Å². The van der Waals surface area contributed by atoms with Crippen molar-refractivity contribution in [3.63, 3.8) is 0 Å². The van der Waals surface area contributed by atoms with Gasteiger partial charge in [-0.3, -0.25) is 0 Å². The molecule has 2 amide bonds. The zero-order chi connectivity index (χ0) is 10.4. The van der Waals surface area contributed by atoms with E-state index in [4.69, 9.17) is 5.73 Å². The minimum atomic E-state index is -0.669. The second-order valence-corrected chi connectivity index (χ2v) is 3.13. The number of halogens is 1. The summed E-state index contributed by atoms with van der Waals surface area (Å²) in [6.45, 7) is 0. The Morgan fingerprint density at radius 2 is 2.29 bits per heavy atom. The minimum absolute atomic E-state index is 0.669. The lowest BCUT2D eigenvalue weighted by molar-refractivity contribution is 0.249. The average molecular weight is 256 g/mol. The minimum Gasteiger partial charge on any atom is -0.350 e. The van der Waals surface area contributed by atoms with Crippen LogP contribution in [-0.2, 0) is 5.33 Å². The van der Waals surface area contributed by atoms with Crippen molar-refractivity contribution in [2.45, 2.75) is 5.33 Å². The third-order valence-electron chi connectivity index (χ3n) is 1.58. The number of hydrogen-bond acceptors (Lipinski definition) is 2. The summed E-state index contributed by atoms with van der Waals surface area (Å²) in [5, 5.41) is 4.42. The van der Waals surface area contributed by atoms with Gasteiger partial charge in [-0.25, -0.2) is 10.2 Å². The summed E-state index contributed by atoms with van der Waals surface area (Å²) in [5.74, 6) is 0. The second-order valence-electron chi connectivity index (χ2n) is 2.57. The molecule has 0 aliphatic rings. The Morgan fingerprint density at radius 3 is 2.93 bits per heavy atom. The number of amides is 2. The van der Waals surface area contributed by atoms with Crippen molar-refractivity contribution in [2.24, 2.45) is 10.8 Å². The van der Waals surface area contributed by atoms with Gasteiger partial charge in [-0.2, -0.15) is 5.10 Å². The first-order chi connectivity index (χ1) is 6.74. The lowest BCUT2D eigenvalue weighted by Crippen LogP contribution is -2.24. The smallest absolute Gasteiger partial charge is 0.332 e. The fourth-order valence-electron chi connectivity index (χ4n) is 0.947. The van der Waals surface area contributed by atoms with Gasteiger partial charge >= 0.3 is 6.03 Å². The van der Waals surface area contributed by atoms with Gasteiger partial charge in [0.2, 0.25) is 0 Å². The van der Waals surface area contributed by atoms with Crippen molar-refractivity contribution >= 4 is 28.2 Å². The second kappa shape index (κ2) is 5.39. The molecule has 4 nitrogen and oxygen atoms in total. The molecule has 0 aliphatic heterocycles. The van der Waals surface area contributed by atoms with Crippen LogP contribution in [0, 0.1) is 0 Å². The number of primary amides is 1. The lowest BCUT2D eigenvalue weighted by Gasteiger charge is -2.00. The Bertz CT molecular complexity index is 352. The average Bonchev–Trinajstić information content (AvgIpc) is 2.18. The van der Waals surface area contributed by atoms with Crippen LogP contribution in [0.4, 0.5) is 4.79 Å².